The molecule has 6 heteroatoms. The van der Waals surface area contributed by atoms with E-state index >= 15 is 0 Å². The molecule has 0 aromatic rings. The molecule has 0 aliphatic carbocycles. The molecule has 126 valence electrons. The van der Waals surface area contributed by atoms with Crippen molar-refractivity contribution in [3.63, 3.8) is 0 Å². The third kappa shape index (κ3) is 3.72. The minimum atomic E-state index is -0.334. The van der Waals surface area contributed by atoms with Crippen LogP contribution in [0.15, 0.2) is 0 Å². The first-order valence-corrected chi connectivity index (χ1v) is 8.34. The number of nitrogens with zero attached hydrogens (tertiary/aromatic N) is 3. The Labute approximate surface area is 133 Å². The quantitative estimate of drug-likeness (QED) is 0.842. The van der Waals surface area contributed by atoms with Gasteiger partial charge in [-0.3, -0.25) is 4.79 Å². The van der Waals surface area contributed by atoms with Crippen molar-refractivity contribution in [1.29, 1.82) is 0 Å². The summed E-state index contributed by atoms with van der Waals surface area (Å²) in [4.78, 5) is 31.0. The standard InChI is InChI=1S/C16H30N4O2/c1-13(2)17-15(22)20-8-5-6-16(12-20)7-9-19(14(16)21)11-10-18(3)4/h13H,5-12H2,1-4H3,(H,17,22)/t16-/m0/s1. The number of carbonyl (C=O) groups excluding carboxylic acids is 2. The maximum Gasteiger partial charge on any atom is 0.317 e. The van der Waals surface area contributed by atoms with E-state index in [1.165, 1.54) is 0 Å². The molecule has 2 rings (SSSR count). The van der Waals surface area contributed by atoms with Gasteiger partial charge < -0.3 is 20.0 Å². The first-order valence-electron chi connectivity index (χ1n) is 8.34. The van der Waals surface area contributed by atoms with Crippen molar-refractivity contribution in [2.75, 3.05) is 46.8 Å². The Morgan fingerprint density at radius 1 is 1.32 bits per heavy atom. The van der Waals surface area contributed by atoms with E-state index in [1.807, 2.05) is 37.7 Å². The molecule has 0 bridgehead atoms. The highest BCUT2D eigenvalue weighted by atomic mass is 16.2. The van der Waals surface area contributed by atoms with Gasteiger partial charge in [0.1, 0.15) is 0 Å². The molecule has 2 aliphatic heterocycles. The van der Waals surface area contributed by atoms with Crippen molar-refractivity contribution in [3.05, 3.63) is 0 Å². The second kappa shape index (κ2) is 6.86. The molecule has 0 aromatic carbocycles. The number of piperidine rings is 1. The van der Waals surface area contributed by atoms with E-state index in [4.69, 9.17) is 0 Å². The molecule has 2 fully saturated rings. The lowest BCUT2D eigenvalue weighted by Crippen LogP contribution is -2.53. The van der Waals surface area contributed by atoms with E-state index in [-0.39, 0.29) is 23.4 Å². The van der Waals surface area contributed by atoms with Gasteiger partial charge in [0.2, 0.25) is 5.91 Å². The molecule has 1 N–H and O–H groups in total. The van der Waals surface area contributed by atoms with Gasteiger partial charge in [-0.25, -0.2) is 4.79 Å². The van der Waals surface area contributed by atoms with Crippen LogP contribution in [0.4, 0.5) is 4.79 Å². The van der Waals surface area contributed by atoms with Gasteiger partial charge in [-0.2, -0.15) is 0 Å². The molecular weight excluding hydrogens is 280 g/mol. The number of hydrogen-bond acceptors (Lipinski definition) is 3. The van der Waals surface area contributed by atoms with Gasteiger partial charge in [-0.05, 0) is 47.2 Å². The van der Waals surface area contributed by atoms with Crippen LogP contribution in [-0.4, -0.2) is 79.5 Å². The smallest absolute Gasteiger partial charge is 0.317 e. The topological polar surface area (TPSA) is 55.9 Å². The fourth-order valence-electron chi connectivity index (χ4n) is 3.45. The van der Waals surface area contributed by atoms with Crippen molar-refractivity contribution < 1.29 is 9.59 Å². The largest absolute Gasteiger partial charge is 0.341 e. The van der Waals surface area contributed by atoms with Crippen molar-refractivity contribution in [2.45, 2.75) is 39.2 Å². The number of likely N-dealkylation sites (tertiary alicyclic amines) is 2. The number of amides is 3. The van der Waals surface area contributed by atoms with Crippen molar-refractivity contribution in [3.8, 4) is 0 Å². The maximum absolute atomic E-state index is 12.8. The molecule has 1 spiro atoms. The monoisotopic (exact) mass is 310 g/mol. The Hall–Kier alpha value is -1.30. The average molecular weight is 310 g/mol. The highest BCUT2D eigenvalue weighted by Gasteiger charge is 2.49. The molecule has 0 unspecified atom stereocenters. The lowest BCUT2D eigenvalue weighted by molar-refractivity contribution is -0.138. The van der Waals surface area contributed by atoms with E-state index in [0.717, 1.165) is 45.4 Å². The van der Waals surface area contributed by atoms with E-state index < -0.39 is 0 Å². The Kier molecular flexibility index (Phi) is 5.32. The van der Waals surface area contributed by atoms with Crippen LogP contribution in [0.3, 0.4) is 0 Å². The lowest BCUT2D eigenvalue weighted by Gasteiger charge is -2.39. The molecule has 2 aliphatic rings. The normalized spacial score (nSPS) is 25.6. The predicted molar refractivity (Wildman–Crippen MR) is 86.7 cm³/mol. The van der Waals surface area contributed by atoms with Gasteiger partial charge >= 0.3 is 6.03 Å². The predicted octanol–water partition coefficient (Wildman–Crippen LogP) is 0.981. The first-order chi connectivity index (χ1) is 10.3. The van der Waals surface area contributed by atoms with E-state index in [9.17, 15) is 9.59 Å². The fraction of sp³-hybridized carbons (Fsp3) is 0.875. The number of carbonyl (C=O) groups is 2. The third-order valence-electron chi connectivity index (χ3n) is 4.69. The molecule has 0 radical (unpaired) electrons. The molecular formula is C16H30N4O2. The van der Waals surface area contributed by atoms with Gasteiger partial charge in [-0.15, -0.1) is 0 Å². The van der Waals surface area contributed by atoms with Gasteiger partial charge in [-0.1, -0.05) is 0 Å². The molecule has 0 aromatic heterocycles. The highest BCUT2D eigenvalue weighted by molar-refractivity contribution is 5.86. The summed E-state index contributed by atoms with van der Waals surface area (Å²) in [5.74, 6) is 0.247. The first kappa shape index (κ1) is 17.1. The summed E-state index contributed by atoms with van der Waals surface area (Å²) in [6.07, 6.45) is 2.71. The summed E-state index contributed by atoms with van der Waals surface area (Å²) in [7, 11) is 4.05. The van der Waals surface area contributed by atoms with Crippen LogP contribution < -0.4 is 5.32 Å². The zero-order valence-electron chi connectivity index (χ0n) is 14.4. The fourth-order valence-corrected chi connectivity index (χ4v) is 3.45. The summed E-state index contributed by atoms with van der Waals surface area (Å²) < 4.78 is 0. The van der Waals surface area contributed by atoms with E-state index in [0.29, 0.717) is 6.54 Å². The summed E-state index contributed by atoms with van der Waals surface area (Å²) in [6.45, 7) is 7.74. The minimum Gasteiger partial charge on any atom is -0.341 e. The van der Waals surface area contributed by atoms with Crippen LogP contribution >= 0.6 is 0 Å². The summed E-state index contributed by atoms with van der Waals surface area (Å²) in [6, 6.07) is 0.0925. The number of hydrogen-bond donors (Lipinski definition) is 1. The molecule has 0 saturated carbocycles. The molecule has 6 nitrogen and oxygen atoms in total. The Morgan fingerprint density at radius 2 is 2.05 bits per heavy atom. The number of likely N-dealkylation sites (N-methyl/N-ethyl adjacent to an activating group) is 1. The Bertz CT molecular complexity index is 424. The maximum atomic E-state index is 12.8. The number of rotatable bonds is 4. The number of nitrogens with one attached hydrogen (secondary N) is 1. The van der Waals surface area contributed by atoms with Crippen LogP contribution in [0.25, 0.3) is 0 Å². The zero-order valence-corrected chi connectivity index (χ0v) is 14.4. The van der Waals surface area contributed by atoms with Gasteiger partial charge in [0.25, 0.3) is 0 Å². The van der Waals surface area contributed by atoms with Crippen molar-refractivity contribution >= 4 is 11.9 Å². The molecule has 3 amide bonds. The second-order valence-corrected chi connectivity index (χ2v) is 7.26. The van der Waals surface area contributed by atoms with Crippen LogP contribution in [-0.2, 0) is 4.79 Å². The zero-order chi connectivity index (χ0) is 16.3. The van der Waals surface area contributed by atoms with Crippen molar-refractivity contribution in [2.24, 2.45) is 5.41 Å². The Morgan fingerprint density at radius 3 is 2.68 bits per heavy atom. The summed E-state index contributed by atoms with van der Waals surface area (Å²) in [5, 5.41) is 2.94. The number of urea groups is 1. The van der Waals surface area contributed by atoms with Crippen LogP contribution in [0.2, 0.25) is 0 Å². The lowest BCUT2D eigenvalue weighted by atomic mass is 9.78. The second-order valence-electron chi connectivity index (χ2n) is 7.26. The van der Waals surface area contributed by atoms with Crippen molar-refractivity contribution in [1.82, 2.24) is 20.0 Å². The SMILES string of the molecule is CC(C)NC(=O)N1CCC[C@]2(CCN(CCN(C)C)C2=O)C1. The van der Waals surface area contributed by atoms with Crippen LogP contribution in [0.5, 0.6) is 0 Å². The summed E-state index contributed by atoms with van der Waals surface area (Å²) in [5.41, 5.74) is -0.334. The molecule has 2 saturated heterocycles. The van der Waals surface area contributed by atoms with Crippen LogP contribution in [0.1, 0.15) is 33.1 Å². The molecule has 1 atom stereocenters. The van der Waals surface area contributed by atoms with E-state index in [2.05, 4.69) is 10.2 Å². The van der Waals surface area contributed by atoms with Gasteiger partial charge in [0, 0.05) is 38.8 Å². The molecule has 2 heterocycles. The Balaban J connectivity index is 1.98. The average Bonchev–Trinajstić information content (AvgIpc) is 2.73. The highest BCUT2D eigenvalue weighted by Crippen LogP contribution is 2.40. The summed E-state index contributed by atoms with van der Waals surface area (Å²) >= 11 is 0. The third-order valence-corrected chi connectivity index (χ3v) is 4.69. The minimum absolute atomic E-state index is 0.0337. The van der Waals surface area contributed by atoms with Crippen LogP contribution in [0, 0.1) is 5.41 Å². The van der Waals surface area contributed by atoms with E-state index in [1.54, 1.807) is 0 Å². The molecule has 22 heavy (non-hydrogen) atoms. The van der Waals surface area contributed by atoms with Gasteiger partial charge in [0.05, 0.1) is 5.41 Å². The van der Waals surface area contributed by atoms with Gasteiger partial charge in [0.15, 0.2) is 0 Å².